The zero-order valence-corrected chi connectivity index (χ0v) is 19.2. The molecule has 1 fully saturated rings. The fraction of sp³-hybridized carbons (Fsp3) is 0.333. The van der Waals surface area contributed by atoms with Crippen LogP contribution in [0.5, 0.6) is 0 Å². The zero-order chi connectivity index (χ0) is 23.1. The first-order chi connectivity index (χ1) is 15.9. The van der Waals surface area contributed by atoms with Gasteiger partial charge in [0.2, 0.25) is 0 Å². The van der Waals surface area contributed by atoms with Gasteiger partial charge in [0.1, 0.15) is 16.4 Å². The predicted octanol–water partition coefficient (Wildman–Crippen LogP) is 4.04. The lowest BCUT2D eigenvalue weighted by Crippen LogP contribution is -2.39. The molecular weight excluding hydrogens is 443 g/mol. The number of amides is 1. The number of carbonyl (C=O) groups excluding carboxylic acids is 1. The molecule has 33 heavy (non-hydrogen) atoms. The van der Waals surface area contributed by atoms with Crippen molar-refractivity contribution < 1.29 is 13.6 Å². The van der Waals surface area contributed by atoms with E-state index in [9.17, 15) is 14.0 Å². The molecule has 0 aliphatic carbocycles. The topological polar surface area (TPSA) is 81.2 Å². The number of rotatable bonds is 4. The molecule has 170 valence electrons. The Hall–Kier alpha value is -3.33. The van der Waals surface area contributed by atoms with Crippen molar-refractivity contribution in [2.75, 3.05) is 13.1 Å². The molecule has 0 N–H and O–H groups in total. The number of hydrogen-bond acceptors (Lipinski definition) is 6. The van der Waals surface area contributed by atoms with Gasteiger partial charge in [-0.1, -0.05) is 12.1 Å². The number of oxazole rings is 1. The molecule has 1 saturated heterocycles. The van der Waals surface area contributed by atoms with Crippen LogP contribution in [0.1, 0.15) is 51.2 Å². The van der Waals surface area contributed by atoms with Crippen molar-refractivity contribution in [2.24, 2.45) is 7.05 Å². The first kappa shape index (κ1) is 21.5. The summed E-state index contributed by atoms with van der Waals surface area (Å²) in [6.45, 7) is 2.97. The number of halogens is 1. The quantitative estimate of drug-likeness (QED) is 0.453. The molecule has 0 saturated carbocycles. The molecule has 4 heterocycles. The molecule has 1 amide bonds. The number of nitrogens with zero attached hydrogens (tertiary/aromatic N) is 4. The Morgan fingerprint density at radius 1 is 1.27 bits per heavy atom. The van der Waals surface area contributed by atoms with Gasteiger partial charge >= 0.3 is 0 Å². The summed E-state index contributed by atoms with van der Waals surface area (Å²) in [5.74, 6) is 0.982. The maximum Gasteiger partial charge on any atom is 0.264 e. The van der Waals surface area contributed by atoms with E-state index in [-0.39, 0.29) is 23.2 Å². The second-order valence-electron chi connectivity index (χ2n) is 8.46. The smallest absolute Gasteiger partial charge is 0.264 e. The van der Waals surface area contributed by atoms with Crippen molar-refractivity contribution in [1.29, 1.82) is 0 Å². The molecular formula is C24H23FN4O3S. The summed E-state index contributed by atoms with van der Waals surface area (Å²) in [4.78, 5) is 37.6. The second-order valence-corrected chi connectivity index (χ2v) is 9.45. The van der Waals surface area contributed by atoms with Crippen LogP contribution in [0.25, 0.3) is 10.2 Å². The average Bonchev–Trinajstić information content (AvgIpc) is 3.42. The lowest BCUT2D eigenvalue weighted by Gasteiger charge is -2.31. The first-order valence-electron chi connectivity index (χ1n) is 10.8. The van der Waals surface area contributed by atoms with E-state index in [0.29, 0.717) is 51.8 Å². The normalized spacial score (nSPS) is 16.5. The summed E-state index contributed by atoms with van der Waals surface area (Å²) in [5, 5.41) is 0.514. The van der Waals surface area contributed by atoms with Crippen LogP contribution in [-0.4, -0.2) is 38.4 Å². The summed E-state index contributed by atoms with van der Waals surface area (Å²) < 4.78 is 20.6. The van der Waals surface area contributed by atoms with Gasteiger partial charge in [-0.25, -0.2) is 14.4 Å². The minimum Gasteiger partial charge on any atom is -0.445 e. The van der Waals surface area contributed by atoms with Crippen LogP contribution in [0.4, 0.5) is 4.39 Å². The molecule has 9 heteroatoms. The largest absolute Gasteiger partial charge is 0.445 e. The Bertz CT molecular complexity index is 1390. The molecule has 7 nitrogen and oxygen atoms in total. The number of aryl methyl sites for hydroxylation is 2. The van der Waals surface area contributed by atoms with Crippen LogP contribution < -0.4 is 5.56 Å². The Kier molecular flexibility index (Phi) is 5.57. The summed E-state index contributed by atoms with van der Waals surface area (Å²) in [6, 6.07) is 6.32. The monoisotopic (exact) mass is 466 g/mol. The van der Waals surface area contributed by atoms with Crippen molar-refractivity contribution in [3.8, 4) is 0 Å². The van der Waals surface area contributed by atoms with Crippen LogP contribution in [0.3, 0.4) is 0 Å². The van der Waals surface area contributed by atoms with Gasteiger partial charge in [-0.15, -0.1) is 11.3 Å². The number of hydrogen-bond donors (Lipinski definition) is 0. The van der Waals surface area contributed by atoms with E-state index in [1.54, 1.807) is 25.4 Å². The zero-order valence-electron chi connectivity index (χ0n) is 18.4. The SMILES string of the molecule is Cc1c(C(=O)N2CCCC(c3ncc(Cc4ccc(F)cc4)o3)C2)sc2ncn(C)c(=O)c12. The predicted molar refractivity (Wildman–Crippen MR) is 123 cm³/mol. The number of benzene rings is 1. The number of piperidine rings is 1. The maximum absolute atomic E-state index is 13.4. The van der Waals surface area contributed by atoms with E-state index in [4.69, 9.17) is 4.42 Å². The van der Waals surface area contributed by atoms with E-state index in [1.165, 1.54) is 34.4 Å². The molecule has 5 rings (SSSR count). The second kappa shape index (κ2) is 8.55. The minimum atomic E-state index is -0.269. The van der Waals surface area contributed by atoms with Gasteiger partial charge < -0.3 is 13.9 Å². The highest BCUT2D eigenvalue weighted by molar-refractivity contribution is 7.20. The standard InChI is InChI=1S/C24H23FN4O3S/c1-14-19-22(27-13-28(2)23(19)30)33-20(14)24(31)29-9-3-4-16(12-29)21-26-11-18(32-21)10-15-5-7-17(25)8-6-15/h5-8,11,13,16H,3-4,9-10,12H2,1-2H3. The Morgan fingerprint density at radius 3 is 2.85 bits per heavy atom. The molecule has 1 unspecified atom stereocenters. The molecule has 0 radical (unpaired) electrons. The van der Waals surface area contributed by atoms with Crippen molar-refractivity contribution in [1.82, 2.24) is 19.4 Å². The molecule has 0 spiro atoms. The Labute approximate surface area is 193 Å². The number of thiophene rings is 1. The maximum atomic E-state index is 13.4. The van der Waals surface area contributed by atoms with Crippen molar-refractivity contribution >= 4 is 27.5 Å². The van der Waals surface area contributed by atoms with E-state index >= 15 is 0 Å². The lowest BCUT2D eigenvalue weighted by molar-refractivity contribution is 0.0702. The van der Waals surface area contributed by atoms with Gasteiger partial charge in [0.05, 0.1) is 28.7 Å². The van der Waals surface area contributed by atoms with Gasteiger partial charge in [-0.3, -0.25) is 9.59 Å². The van der Waals surface area contributed by atoms with E-state index in [2.05, 4.69) is 9.97 Å². The summed E-state index contributed by atoms with van der Waals surface area (Å²) in [5.41, 5.74) is 1.49. The van der Waals surface area contributed by atoms with Crippen molar-refractivity contribution in [2.45, 2.75) is 32.1 Å². The number of likely N-dealkylation sites (tertiary alicyclic amines) is 1. The van der Waals surface area contributed by atoms with Gasteiger partial charge in [-0.05, 0) is 43.0 Å². The van der Waals surface area contributed by atoms with Crippen LogP contribution in [0.2, 0.25) is 0 Å². The van der Waals surface area contributed by atoms with Crippen molar-refractivity contribution in [3.05, 3.63) is 80.6 Å². The Balaban J connectivity index is 1.34. The number of fused-ring (bicyclic) bond motifs is 1. The van der Waals surface area contributed by atoms with Crippen molar-refractivity contribution in [3.63, 3.8) is 0 Å². The number of aromatic nitrogens is 3. The fourth-order valence-electron chi connectivity index (χ4n) is 4.32. The molecule has 4 aromatic rings. The number of carbonyl (C=O) groups is 1. The van der Waals surface area contributed by atoms with Gasteiger partial charge in [0.15, 0.2) is 5.89 Å². The summed E-state index contributed by atoms with van der Waals surface area (Å²) in [6.07, 6.45) is 5.45. The van der Waals surface area contributed by atoms with E-state index in [1.807, 2.05) is 11.8 Å². The minimum absolute atomic E-state index is 0.00495. The van der Waals surface area contributed by atoms with Crippen LogP contribution in [0, 0.1) is 12.7 Å². The Morgan fingerprint density at radius 2 is 2.06 bits per heavy atom. The summed E-state index contributed by atoms with van der Waals surface area (Å²) in [7, 11) is 1.66. The lowest BCUT2D eigenvalue weighted by atomic mass is 9.97. The third-order valence-corrected chi connectivity index (χ3v) is 7.31. The average molecular weight is 467 g/mol. The van der Waals surface area contributed by atoms with E-state index < -0.39 is 0 Å². The molecule has 3 aromatic heterocycles. The van der Waals surface area contributed by atoms with Crippen LogP contribution >= 0.6 is 11.3 Å². The van der Waals surface area contributed by atoms with E-state index in [0.717, 1.165) is 18.4 Å². The molecule has 1 atom stereocenters. The highest BCUT2D eigenvalue weighted by Gasteiger charge is 2.30. The highest BCUT2D eigenvalue weighted by atomic mass is 32.1. The highest BCUT2D eigenvalue weighted by Crippen LogP contribution is 2.32. The van der Waals surface area contributed by atoms with Crippen LogP contribution in [0.15, 0.2) is 46.0 Å². The third kappa shape index (κ3) is 4.08. The third-order valence-electron chi connectivity index (χ3n) is 6.13. The molecule has 0 bridgehead atoms. The van der Waals surface area contributed by atoms with Gasteiger partial charge in [0.25, 0.3) is 11.5 Å². The van der Waals surface area contributed by atoms with Gasteiger partial charge in [-0.2, -0.15) is 0 Å². The molecule has 1 aliphatic heterocycles. The molecule has 1 aromatic carbocycles. The first-order valence-corrected chi connectivity index (χ1v) is 11.7. The van der Waals surface area contributed by atoms with Crippen LogP contribution in [-0.2, 0) is 13.5 Å². The molecule has 1 aliphatic rings. The summed E-state index contributed by atoms with van der Waals surface area (Å²) >= 11 is 1.27. The van der Waals surface area contributed by atoms with Gasteiger partial charge in [0, 0.05) is 26.6 Å². The fourth-order valence-corrected chi connectivity index (χ4v) is 5.42.